The van der Waals surface area contributed by atoms with Crippen LogP contribution in [0.25, 0.3) is 0 Å². The van der Waals surface area contributed by atoms with Crippen molar-refractivity contribution in [3.05, 3.63) is 0 Å². The molecule has 1 rings (SSSR count). The van der Waals surface area contributed by atoms with Crippen molar-refractivity contribution in [1.82, 2.24) is 5.32 Å². The van der Waals surface area contributed by atoms with E-state index >= 15 is 0 Å². The van der Waals surface area contributed by atoms with Gasteiger partial charge < -0.3 is 15.5 Å². The Balaban J connectivity index is 0.000000459. The first-order valence-corrected chi connectivity index (χ1v) is 6.64. The van der Waals surface area contributed by atoms with E-state index in [9.17, 15) is 0 Å². The van der Waals surface area contributed by atoms with Gasteiger partial charge in [0.1, 0.15) is 0 Å². The van der Waals surface area contributed by atoms with Crippen molar-refractivity contribution >= 4 is 11.9 Å². The van der Waals surface area contributed by atoms with Gasteiger partial charge >= 0.3 is 11.9 Å². The summed E-state index contributed by atoms with van der Waals surface area (Å²) in [5.74, 6) is -3.65. The lowest BCUT2D eigenvalue weighted by molar-refractivity contribution is -0.159. The molecule has 6 heteroatoms. The first-order valence-electron chi connectivity index (χ1n) is 6.64. The van der Waals surface area contributed by atoms with Crippen molar-refractivity contribution in [2.45, 2.75) is 57.4 Å². The summed E-state index contributed by atoms with van der Waals surface area (Å²) in [5.41, 5.74) is 0. The molecule has 6 nitrogen and oxygen atoms in total. The lowest BCUT2D eigenvalue weighted by Crippen LogP contribution is -2.30. The fourth-order valence-electron chi connectivity index (χ4n) is 1.99. The maximum atomic E-state index is 9.10. The second kappa shape index (κ2) is 11.5. The van der Waals surface area contributed by atoms with Crippen LogP contribution in [0.3, 0.4) is 0 Å². The van der Waals surface area contributed by atoms with Crippen LogP contribution in [-0.2, 0) is 9.59 Å². The maximum absolute atomic E-state index is 9.10. The van der Waals surface area contributed by atoms with Crippen molar-refractivity contribution in [3.63, 3.8) is 0 Å². The molecule has 108 valence electrons. The monoisotopic (exact) mass is 270 g/mol. The van der Waals surface area contributed by atoms with Gasteiger partial charge in [0.15, 0.2) is 0 Å². The molecule has 0 aliphatic heterocycles. The van der Waals surface area contributed by atoms with E-state index in [1.54, 1.807) is 0 Å². The van der Waals surface area contributed by atoms with E-state index in [2.05, 4.69) is 11.4 Å². The van der Waals surface area contributed by atoms with Crippen LogP contribution in [-0.4, -0.2) is 34.7 Å². The Morgan fingerprint density at radius 1 is 1.05 bits per heavy atom. The molecule has 1 saturated carbocycles. The highest BCUT2D eigenvalue weighted by molar-refractivity contribution is 6.27. The summed E-state index contributed by atoms with van der Waals surface area (Å²) in [5, 5.41) is 26.7. The van der Waals surface area contributed by atoms with E-state index in [0.717, 1.165) is 6.54 Å². The molecule has 0 amide bonds. The van der Waals surface area contributed by atoms with Gasteiger partial charge in [-0.15, -0.1) is 0 Å². The van der Waals surface area contributed by atoms with Gasteiger partial charge in [-0.1, -0.05) is 32.1 Å². The third-order valence-corrected chi connectivity index (χ3v) is 2.96. The number of nitrogens with zero attached hydrogens (tertiary/aromatic N) is 1. The van der Waals surface area contributed by atoms with Crippen LogP contribution in [0, 0.1) is 11.3 Å². The number of hydrogen-bond donors (Lipinski definition) is 3. The zero-order valence-electron chi connectivity index (χ0n) is 11.1. The van der Waals surface area contributed by atoms with Crippen molar-refractivity contribution in [3.8, 4) is 6.07 Å². The summed E-state index contributed by atoms with van der Waals surface area (Å²) < 4.78 is 0. The summed E-state index contributed by atoms with van der Waals surface area (Å²) in [7, 11) is 0. The number of hydrogen-bond acceptors (Lipinski definition) is 4. The van der Waals surface area contributed by atoms with E-state index in [1.807, 2.05) is 0 Å². The van der Waals surface area contributed by atoms with Gasteiger partial charge in [0.05, 0.1) is 6.07 Å². The number of carboxylic acid groups (broad SMARTS) is 2. The molecule has 19 heavy (non-hydrogen) atoms. The van der Waals surface area contributed by atoms with E-state index < -0.39 is 11.9 Å². The summed E-state index contributed by atoms with van der Waals surface area (Å²) in [4.78, 5) is 18.2. The normalized spacial score (nSPS) is 16.2. The molecule has 0 saturated heterocycles. The van der Waals surface area contributed by atoms with Gasteiger partial charge in [0.2, 0.25) is 0 Å². The Labute approximate surface area is 113 Å². The molecule has 0 aromatic rings. The summed E-state index contributed by atoms with van der Waals surface area (Å²) in [6, 6.07) is 2.86. The van der Waals surface area contributed by atoms with Crippen LogP contribution in [0.5, 0.6) is 0 Å². The SMILES string of the molecule is N#CCCNC1CCCCCCC1.O=C(O)C(=O)O. The van der Waals surface area contributed by atoms with Crippen molar-refractivity contribution in [2.75, 3.05) is 6.54 Å². The van der Waals surface area contributed by atoms with Gasteiger partial charge in [0, 0.05) is 19.0 Å². The number of rotatable bonds is 3. The van der Waals surface area contributed by atoms with Crippen molar-refractivity contribution in [2.24, 2.45) is 0 Å². The highest BCUT2D eigenvalue weighted by Crippen LogP contribution is 2.16. The number of nitrogens with one attached hydrogen (secondary N) is 1. The van der Waals surface area contributed by atoms with E-state index in [4.69, 9.17) is 25.1 Å². The van der Waals surface area contributed by atoms with Crippen LogP contribution < -0.4 is 5.32 Å². The Kier molecular flexibility index (Phi) is 10.5. The van der Waals surface area contributed by atoms with E-state index in [0.29, 0.717) is 12.5 Å². The lowest BCUT2D eigenvalue weighted by atomic mass is 9.97. The maximum Gasteiger partial charge on any atom is 0.414 e. The van der Waals surface area contributed by atoms with Gasteiger partial charge in [0.25, 0.3) is 0 Å². The largest absolute Gasteiger partial charge is 0.473 e. The summed E-state index contributed by atoms with van der Waals surface area (Å²) in [6.07, 6.45) is 10.2. The van der Waals surface area contributed by atoms with Crippen LogP contribution in [0.4, 0.5) is 0 Å². The van der Waals surface area contributed by atoms with Crippen LogP contribution >= 0.6 is 0 Å². The average Bonchev–Trinajstić information content (AvgIpc) is 2.32. The molecule has 1 fully saturated rings. The predicted molar refractivity (Wildman–Crippen MR) is 69.6 cm³/mol. The molecule has 3 N–H and O–H groups in total. The van der Waals surface area contributed by atoms with Crippen LogP contribution in [0.1, 0.15) is 51.4 Å². The zero-order chi connectivity index (χ0) is 14.5. The first kappa shape index (κ1) is 17.4. The number of carboxylic acids is 2. The second-order valence-corrected chi connectivity index (χ2v) is 4.51. The van der Waals surface area contributed by atoms with Crippen LogP contribution in [0.15, 0.2) is 0 Å². The molecule has 0 unspecified atom stereocenters. The molecular weight excluding hydrogens is 248 g/mol. The van der Waals surface area contributed by atoms with Gasteiger partial charge in [-0.05, 0) is 12.8 Å². The Bertz CT molecular complexity index is 292. The Morgan fingerprint density at radius 2 is 1.53 bits per heavy atom. The first-order chi connectivity index (χ1) is 9.07. The third kappa shape index (κ3) is 11.2. The van der Waals surface area contributed by atoms with Gasteiger partial charge in [-0.2, -0.15) is 5.26 Å². The highest BCUT2D eigenvalue weighted by Gasteiger charge is 2.09. The fourth-order valence-corrected chi connectivity index (χ4v) is 1.99. The molecule has 0 radical (unpaired) electrons. The average molecular weight is 270 g/mol. The van der Waals surface area contributed by atoms with Crippen LogP contribution in [0.2, 0.25) is 0 Å². The minimum absolute atomic E-state index is 0.649. The molecule has 0 aromatic carbocycles. The molecule has 1 aliphatic rings. The predicted octanol–water partition coefficient (Wildman–Crippen LogP) is 1.76. The molecule has 0 heterocycles. The minimum Gasteiger partial charge on any atom is -0.473 e. The molecule has 1 aliphatic carbocycles. The van der Waals surface area contributed by atoms with E-state index in [1.165, 1.54) is 44.9 Å². The van der Waals surface area contributed by atoms with Crippen molar-refractivity contribution in [1.29, 1.82) is 5.26 Å². The zero-order valence-corrected chi connectivity index (χ0v) is 11.1. The number of carbonyl (C=O) groups is 2. The van der Waals surface area contributed by atoms with Gasteiger partial charge in [-0.25, -0.2) is 9.59 Å². The van der Waals surface area contributed by atoms with E-state index in [-0.39, 0.29) is 0 Å². The standard InChI is InChI=1S/C11H20N2.C2H2O4/c12-9-6-10-13-11-7-4-2-1-3-5-8-11;3-1(4)2(5)6/h11,13H,1-8,10H2;(H,3,4)(H,5,6). The smallest absolute Gasteiger partial charge is 0.414 e. The highest BCUT2D eigenvalue weighted by atomic mass is 16.4. The lowest BCUT2D eigenvalue weighted by Gasteiger charge is -2.20. The molecular formula is C13H22N2O4. The molecule has 0 spiro atoms. The Hall–Kier alpha value is -1.61. The molecule has 0 aromatic heterocycles. The number of nitriles is 1. The summed E-state index contributed by atoms with van der Waals surface area (Å²) in [6.45, 7) is 0.876. The number of aliphatic carboxylic acids is 2. The van der Waals surface area contributed by atoms with Gasteiger partial charge in [-0.3, -0.25) is 0 Å². The fraction of sp³-hybridized carbons (Fsp3) is 0.769. The minimum atomic E-state index is -1.82. The second-order valence-electron chi connectivity index (χ2n) is 4.51. The Morgan fingerprint density at radius 3 is 1.95 bits per heavy atom. The molecule has 0 atom stereocenters. The molecule has 0 bridgehead atoms. The summed E-state index contributed by atoms with van der Waals surface area (Å²) >= 11 is 0. The topological polar surface area (TPSA) is 110 Å². The quantitative estimate of drug-likeness (QED) is 0.532. The third-order valence-electron chi connectivity index (χ3n) is 2.96. The van der Waals surface area contributed by atoms with Crippen molar-refractivity contribution < 1.29 is 19.8 Å².